The van der Waals surface area contributed by atoms with Crippen molar-refractivity contribution in [2.24, 2.45) is 0 Å². The maximum Gasteiger partial charge on any atom is 0.251 e. The molecule has 1 unspecified atom stereocenters. The normalized spacial score (nSPS) is 22.8. The van der Waals surface area contributed by atoms with Gasteiger partial charge in [0.2, 0.25) is 11.8 Å². The van der Waals surface area contributed by atoms with Crippen molar-refractivity contribution in [2.45, 2.75) is 37.8 Å². The number of rotatable bonds is 5. The molecule has 0 aromatic heterocycles. The fourth-order valence-corrected chi connectivity index (χ4v) is 5.27. The first-order chi connectivity index (χ1) is 16.0. The number of likely N-dealkylation sites (tertiary alicyclic amines) is 1. The van der Waals surface area contributed by atoms with Crippen molar-refractivity contribution in [1.29, 1.82) is 0 Å². The molecule has 0 saturated carbocycles. The molecule has 3 saturated heterocycles. The number of carbonyl (C=O) groups excluding carboxylic acids is 3. The van der Waals surface area contributed by atoms with Crippen molar-refractivity contribution >= 4 is 29.1 Å². The summed E-state index contributed by atoms with van der Waals surface area (Å²) in [7, 11) is 0. The van der Waals surface area contributed by atoms with E-state index >= 15 is 0 Å². The summed E-state index contributed by atoms with van der Waals surface area (Å²) in [5.41, 5.74) is 0.964. The number of nitrogens with zero attached hydrogens (tertiary/aromatic N) is 3. The Morgan fingerprint density at radius 1 is 0.970 bits per heavy atom. The third-order valence-corrected chi connectivity index (χ3v) is 7.00. The summed E-state index contributed by atoms with van der Waals surface area (Å²) in [5.74, 6) is 0.349. The fraction of sp³-hybridized carbons (Fsp3) is 0.400. The summed E-state index contributed by atoms with van der Waals surface area (Å²) in [6.07, 6.45) is 1.37. The Morgan fingerprint density at radius 3 is 2.33 bits per heavy atom. The fourth-order valence-electron chi connectivity index (χ4n) is 5.27. The van der Waals surface area contributed by atoms with Gasteiger partial charge >= 0.3 is 0 Å². The van der Waals surface area contributed by atoms with Gasteiger partial charge in [0.05, 0.1) is 31.4 Å². The van der Waals surface area contributed by atoms with E-state index in [-0.39, 0.29) is 24.1 Å². The van der Waals surface area contributed by atoms with Crippen LogP contribution in [0.2, 0.25) is 0 Å². The Bertz CT molecular complexity index is 1050. The summed E-state index contributed by atoms with van der Waals surface area (Å²) < 4.78 is 5.46. The van der Waals surface area contributed by atoms with Crippen molar-refractivity contribution in [2.75, 3.05) is 36.2 Å². The van der Waals surface area contributed by atoms with Gasteiger partial charge in [0.15, 0.2) is 0 Å². The number of imide groups is 1. The van der Waals surface area contributed by atoms with Gasteiger partial charge in [-0.3, -0.25) is 19.3 Å². The van der Waals surface area contributed by atoms with Crippen LogP contribution in [0.1, 0.15) is 26.2 Å². The van der Waals surface area contributed by atoms with E-state index in [1.165, 1.54) is 4.90 Å². The van der Waals surface area contributed by atoms with Gasteiger partial charge in [-0.2, -0.15) is 0 Å². The maximum absolute atomic E-state index is 13.2. The standard InChI is InChI=1S/C25H28N4O4/c1-2-33-20-10-8-19(9-11-20)29-22(30)16-21(23(29)31)27-14-12-25(13-15-27)24(32)26-17-28(25)18-6-4-3-5-7-18/h3-11,21H,2,12-17H2,1H3,(H,26,32). The molecular weight excluding hydrogens is 420 g/mol. The molecule has 3 aliphatic heterocycles. The number of ether oxygens (including phenoxy) is 1. The lowest BCUT2D eigenvalue weighted by atomic mass is 9.85. The van der Waals surface area contributed by atoms with Gasteiger partial charge in [-0.05, 0) is 56.2 Å². The molecule has 172 valence electrons. The van der Waals surface area contributed by atoms with Crippen LogP contribution in [0.15, 0.2) is 54.6 Å². The lowest BCUT2D eigenvalue weighted by molar-refractivity contribution is -0.126. The van der Waals surface area contributed by atoms with Crippen LogP contribution in [0, 0.1) is 0 Å². The third-order valence-electron chi connectivity index (χ3n) is 7.00. The largest absolute Gasteiger partial charge is 0.494 e. The number of anilines is 2. The van der Waals surface area contributed by atoms with Gasteiger partial charge in [-0.15, -0.1) is 0 Å². The van der Waals surface area contributed by atoms with Gasteiger partial charge in [0.1, 0.15) is 11.3 Å². The number of nitrogens with one attached hydrogen (secondary N) is 1. The number of benzene rings is 2. The Hall–Kier alpha value is -3.39. The number of para-hydroxylation sites is 1. The van der Waals surface area contributed by atoms with Crippen molar-refractivity contribution in [3.05, 3.63) is 54.6 Å². The smallest absolute Gasteiger partial charge is 0.251 e. The third kappa shape index (κ3) is 3.64. The Labute approximate surface area is 193 Å². The minimum absolute atomic E-state index is 0.0378. The lowest BCUT2D eigenvalue weighted by Crippen LogP contribution is -2.58. The monoisotopic (exact) mass is 448 g/mol. The topological polar surface area (TPSA) is 82.2 Å². The van der Waals surface area contributed by atoms with Gasteiger partial charge in [-0.1, -0.05) is 18.2 Å². The predicted octanol–water partition coefficient (Wildman–Crippen LogP) is 2.15. The summed E-state index contributed by atoms with van der Waals surface area (Å²) in [6, 6.07) is 16.5. The molecular formula is C25H28N4O4. The van der Waals surface area contributed by atoms with Crippen molar-refractivity contribution in [1.82, 2.24) is 10.2 Å². The van der Waals surface area contributed by atoms with Crippen LogP contribution in [0.5, 0.6) is 5.75 Å². The van der Waals surface area contributed by atoms with E-state index in [0.717, 1.165) is 5.69 Å². The Balaban J connectivity index is 1.30. The summed E-state index contributed by atoms with van der Waals surface area (Å²) in [5, 5.41) is 3.00. The van der Waals surface area contributed by atoms with E-state index in [9.17, 15) is 14.4 Å². The highest BCUT2D eigenvalue weighted by molar-refractivity contribution is 6.22. The molecule has 8 nitrogen and oxygen atoms in total. The lowest BCUT2D eigenvalue weighted by Gasteiger charge is -2.44. The second-order valence-corrected chi connectivity index (χ2v) is 8.71. The summed E-state index contributed by atoms with van der Waals surface area (Å²) >= 11 is 0. The Morgan fingerprint density at radius 2 is 1.67 bits per heavy atom. The van der Waals surface area contributed by atoms with E-state index < -0.39 is 11.6 Å². The summed E-state index contributed by atoms with van der Waals surface area (Å²) in [6.45, 7) is 4.10. The van der Waals surface area contributed by atoms with Gasteiger partial charge in [0.25, 0.3) is 5.91 Å². The molecule has 8 heteroatoms. The van der Waals surface area contributed by atoms with Gasteiger partial charge in [-0.25, -0.2) is 4.90 Å². The number of amides is 3. The van der Waals surface area contributed by atoms with Crippen molar-refractivity contribution in [3.8, 4) is 5.75 Å². The highest BCUT2D eigenvalue weighted by Crippen LogP contribution is 2.38. The maximum atomic E-state index is 13.2. The molecule has 0 bridgehead atoms. The first-order valence-electron chi connectivity index (χ1n) is 11.5. The van der Waals surface area contributed by atoms with Crippen LogP contribution >= 0.6 is 0 Å². The van der Waals surface area contributed by atoms with Crippen LogP contribution in [0.3, 0.4) is 0 Å². The van der Waals surface area contributed by atoms with Crippen LogP contribution in [0.25, 0.3) is 0 Å². The highest BCUT2D eigenvalue weighted by atomic mass is 16.5. The van der Waals surface area contributed by atoms with E-state index in [0.29, 0.717) is 50.6 Å². The van der Waals surface area contributed by atoms with Gasteiger partial charge in [0, 0.05) is 18.8 Å². The zero-order chi connectivity index (χ0) is 23.0. The summed E-state index contributed by atoms with van der Waals surface area (Å²) in [4.78, 5) is 44.4. The average molecular weight is 449 g/mol. The first-order valence-corrected chi connectivity index (χ1v) is 11.5. The van der Waals surface area contributed by atoms with Crippen LogP contribution in [-0.2, 0) is 14.4 Å². The molecule has 0 aliphatic carbocycles. The van der Waals surface area contributed by atoms with Crippen molar-refractivity contribution < 1.29 is 19.1 Å². The van der Waals surface area contributed by atoms with Gasteiger partial charge < -0.3 is 15.0 Å². The molecule has 3 aliphatic rings. The van der Waals surface area contributed by atoms with Crippen LogP contribution in [0.4, 0.5) is 11.4 Å². The second kappa shape index (κ2) is 8.51. The van der Waals surface area contributed by atoms with E-state index in [1.54, 1.807) is 24.3 Å². The molecule has 5 rings (SSSR count). The number of hydrogen-bond donors (Lipinski definition) is 1. The zero-order valence-corrected chi connectivity index (χ0v) is 18.7. The minimum atomic E-state index is -0.613. The quantitative estimate of drug-likeness (QED) is 0.706. The molecule has 1 N–H and O–H groups in total. The van der Waals surface area contributed by atoms with Crippen LogP contribution in [-0.4, -0.2) is 60.6 Å². The highest BCUT2D eigenvalue weighted by Gasteiger charge is 2.52. The molecule has 2 aromatic rings. The zero-order valence-electron chi connectivity index (χ0n) is 18.7. The average Bonchev–Trinajstić information content (AvgIpc) is 3.31. The van der Waals surface area contributed by atoms with Crippen LogP contribution < -0.4 is 19.9 Å². The molecule has 1 atom stereocenters. The molecule has 3 amide bonds. The van der Waals surface area contributed by atoms with Crippen molar-refractivity contribution in [3.63, 3.8) is 0 Å². The second-order valence-electron chi connectivity index (χ2n) is 8.71. The molecule has 2 aromatic carbocycles. The molecule has 0 radical (unpaired) electrons. The minimum Gasteiger partial charge on any atom is -0.494 e. The number of piperidine rings is 1. The number of carbonyl (C=O) groups is 3. The molecule has 3 fully saturated rings. The molecule has 1 spiro atoms. The Kier molecular flexibility index (Phi) is 5.54. The predicted molar refractivity (Wildman–Crippen MR) is 124 cm³/mol. The van der Waals surface area contributed by atoms with E-state index in [2.05, 4.69) is 15.1 Å². The SMILES string of the molecule is CCOc1ccc(N2C(=O)CC(N3CCC4(CC3)C(=O)NCN4c3ccccc3)C2=O)cc1. The van der Waals surface area contributed by atoms with E-state index in [1.807, 2.05) is 37.3 Å². The molecule has 3 heterocycles. The number of hydrogen-bond acceptors (Lipinski definition) is 6. The molecule has 33 heavy (non-hydrogen) atoms. The first kappa shape index (κ1) is 21.5. The van der Waals surface area contributed by atoms with E-state index in [4.69, 9.17) is 4.74 Å².